The Labute approximate surface area is 217 Å². The molecule has 1 heterocycles. The molecule has 4 amide bonds. The van der Waals surface area contributed by atoms with Gasteiger partial charge in [-0.25, -0.2) is 9.59 Å². The van der Waals surface area contributed by atoms with Crippen molar-refractivity contribution in [2.45, 2.75) is 77.6 Å². The zero-order chi connectivity index (χ0) is 27.8. The van der Waals surface area contributed by atoms with E-state index in [0.717, 1.165) is 0 Å². The third kappa shape index (κ3) is 9.40. The number of alkyl carbamates (subject to hydrolysis) is 1. The standard InChI is InChI=1S/C26H38N4O7/c1-16(2)14-18(21(31)27-15-19(24(34)35)29-25(36)37-26(3,4)5)28-22(32)20-12-9-13-30(20)23(33)17-10-7-6-8-11-17/h6-8,10-11,16,18-20H,9,12-15H2,1-5H3,(H,27,31)(H,28,32)(H,29,36)(H,34,35)/t18-,19-,20-/m0/s1. The summed E-state index contributed by atoms with van der Waals surface area (Å²) < 4.78 is 5.08. The lowest BCUT2D eigenvalue weighted by Crippen LogP contribution is -2.56. The molecule has 4 N–H and O–H groups in total. The molecule has 1 aromatic rings. The molecule has 1 aliphatic rings. The van der Waals surface area contributed by atoms with E-state index in [2.05, 4.69) is 16.0 Å². The Kier molecular flexibility index (Phi) is 10.5. The number of carbonyl (C=O) groups excluding carboxylic acids is 4. The van der Waals surface area contributed by atoms with Gasteiger partial charge in [-0.1, -0.05) is 32.0 Å². The number of carboxylic acid groups (broad SMARTS) is 1. The number of nitrogens with one attached hydrogen (secondary N) is 3. The number of hydrogen-bond donors (Lipinski definition) is 4. The number of ether oxygens (including phenoxy) is 1. The Balaban J connectivity index is 2.04. The first-order chi connectivity index (χ1) is 17.3. The molecule has 204 valence electrons. The number of nitrogens with zero attached hydrogens (tertiary/aromatic N) is 1. The number of aliphatic carboxylic acids is 1. The molecule has 0 bridgehead atoms. The van der Waals surface area contributed by atoms with Crippen molar-refractivity contribution in [2.75, 3.05) is 13.1 Å². The fourth-order valence-corrected chi connectivity index (χ4v) is 3.98. The number of rotatable bonds is 10. The van der Waals surface area contributed by atoms with E-state index in [-0.39, 0.29) is 11.8 Å². The normalized spacial score (nSPS) is 17.0. The molecule has 0 radical (unpaired) electrons. The fraction of sp³-hybridized carbons (Fsp3) is 0.577. The van der Waals surface area contributed by atoms with Gasteiger partial charge in [-0.15, -0.1) is 0 Å². The highest BCUT2D eigenvalue weighted by atomic mass is 16.6. The Bertz CT molecular complexity index is 975. The third-order valence-corrected chi connectivity index (χ3v) is 5.65. The van der Waals surface area contributed by atoms with Crippen molar-refractivity contribution >= 4 is 29.8 Å². The molecular formula is C26H38N4O7. The number of benzene rings is 1. The van der Waals surface area contributed by atoms with Gasteiger partial charge in [0, 0.05) is 18.7 Å². The summed E-state index contributed by atoms with van der Waals surface area (Å²) in [5, 5.41) is 16.9. The van der Waals surface area contributed by atoms with Crippen molar-refractivity contribution in [1.82, 2.24) is 20.9 Å². The number of carboxylic acids is 1. The van der Waals surface area contributed by atoms with E-state index >= 15 is 0 Å². The Hall–Kier alpha value is -3.63. The first-order valence-corrected chi connectivity index (χ1v) is 12.4. The lowest BCUT2D eigenvalue weighted by molar-refractivity contribution is -0.139. The molecule has 37 heavy (non-hydrogen) atoms. The predicted molar refractivity (Wildman–Crippen MR) is 136 cm³/mol. The Morgan fingerprint density at radius 1 is 1.05 bits per heavy atom. The molecule has 2 rings (SSSR count). The number of hydrogen-bond acceptors (Lipinski definition) is 6. The van der Waals surface area contributed by atoms with Crippen molar-refractivity contribution in [2.24, 2.45) is 5.92 Å². The number of carbonyl (C=O) groups is 5. The lowest BCUT2D eigenvalue weighted by Gasteiger charge is -2.27. The second-order valence-electron chi connectivity index (χ2n) is 10.5. The van der Waals surface area contributed by atoms with E-state index in [1.165, 1.54) is 4.90 Å². The van der Waals surface area contributed by atoms with Crippen LogP contribution in [0.15, 0.2) is 30.3 Å². The molecule has 1 fully saturated rings. The number of likely N-dealkylation sites (tertiary alicyclic amines) is 1. The van der Waals surface area contributed by atoms with E-state index in [9.17, 15) is 29.1 Å². The minimum absolute atomic E-state index is 0.0387. The van der Waals surface area contributed by atoms with Gasteiger partial charge in [0.05, 0.1) is 0 Å². The molecule has 0 saturated carbocycles. The van der Waals surface area contributed by atoms with E-state index in [1.807, 2.05) is 13.8 Å². The summed E-state index contributed by atoms with van der Waals surface area (Å²) in [4.78, 5) is 64.2. The van der Waals surface area contributed by atoms with Gasteiger partial charge < -0.3 is 30.7 Å². The monoisotopic (exact) mass is 518 g/mol. The summed E-state index contributed by atoms with van der Waals surface area (Å²) in [6, 6.07) is 5.60. The van der Waals surface area contributed by atoms with Crippen LogP contribution >= 0.6 is 0 Å². The average Bonchev–Trinajstić information content (AvgIpc) is 3.29. The van der Waals surface area contributed by atoms with Crippen LogP contribution in [0.5, 0.6) is 0 Å². The maximum Gasteiger partial charge on any atom is 0.408 e. The molecule has 0 unspecified atom stereocenters. The average molecular weight is 519 g/mol. The third-order valence-electron chi connectivity index (χ3n) is 5.65. The fourth-order valence-electron chi connectivity index (χ4n) is 3.98. The largest absolute Gasteiger partial charge is 0.480 e. The van der Waals surface area contributed by atoms with Gasteiger partial charge >= 0.3 is 12.1 Å². The first-order valence-electron chi connectivity index (χ1n) is 12.4. The van der Waals surface area contributed by atoms with Crippen LogP contribution in [0.1, 0.15) is 64.2 Å². The van der Waals surface area contributed by atoms with E-state index in [1.54, 1.807) is 51.1 Å². The molecule has 11 heteroatoms. The second-order valence-corrected chi connectivity index (χ2v) is 10.5. The van der Waals surface area contributed by atoms with Crippen molar-refractivity contribution in [3.05, 3.63) is 35.9 Å². The summed E-state index contributed by atoms with van der Waals surface area (Å²) in [5.41, 5.74) is -0.338. The quantitative estimate of drug-likeness (QED) is 0.369. The highest BCUT2D eigenvalue weighted by Gasteiger charge is 2.36. The topological polar surface area (TPSA) is 154 Å². The van der Waals surface area contributed by atoms with Crippen LogP contribution < -0.4 is 16.0 Å². The summed E-state index contributed by atoms with van der Waals surface area (Å²) >= 11 is 0. The summed E-state index contributed by atoms with van der Waals surface area (Å²) in [6.07, 6.45) is 0.509. The Morgan fingerprint density at radius 3 is 2.27 bits per heavy atom. The van der Waals surface area contributed by atoms with Gasteiger partial charge in [-0.05, 0) is 58.1 Å². The van der Waals surface area contributed by atoms with Gasteiger partial charge in [0.2, 0.25) is 11.8 Å². The highest BCUT2D eigenvalue weighted by molar-refractivity contribution is 5.98. The smallest absolute Gasteiger partial charge is 0.408 e. The van der Waals surface area contributed by atoms with Gasteiger partial charge in [0.1, 0.15) is 23.7 Å². The van der Waals surface area contributed by atoms with Crippen LogP contribution in [0.3, 0.4) is 0 Å². The van der Waals surface area contributed by atoms with Gasteiger partial charge in [-0.2, -0.15) is 0 Å². The van der Waals surface area contributed by atoms with Crippen LogP contribution in [-0.4, -0.2) is 76.6 Å². The minimum atomic E-state index is -1.43. The summed E-state index contributed by atoms with van der Waals surface area (Å²) in [5.74, 6) is -2.59. The van der Waals surface area contributed by atoms with Crippen LogP contribution in [-0.2, 0) is 19.1 Å². The van der Waals surface area contributed by atoms with E-state index in [0.29, 0.717) is 31.4 Å². The van der Waals surface area contributed by atoms with Crippen LogP contribution in [0.4, 0.5) is 4.79 Å². The van der Waals surface area contributed by atoms with Crippen LogP contribution in [0.25, 0.3) is 0 Å². The lowest BCUT2D eigenvalue weighted by atomic mass is 10.0. The summed E-state index contributed by atoms with van der Waals surface area (Å²) in [7, 11) is 0. The molecule has 1 aliphatic heterocycles. The maximum atomic E-state index is 13.2. The van der Waals surface area contributed by atoms with Crippen molar-refractivity contribution in [3.8, 4) is 0 Å². The van der Waals surface area contributed by atoms with Crippen molar-refractivity contribution in [3.63, 3.8) is 0 Å². The molecule has 0 aromatic heterocycles. The highest BCUT2D eigenvalue weighted by Crippen LogP contribution is 2.21. The molecule has 1 aromatic carbocycles. The predicted octanol–water partition coefficient (Wildman–Crippen LogP) is 1.92. The van der Waals surface area contributed by atoms with Crippen molar-refractivity contribution in [1.29, 1.82) is 0 Å². The van der Waals surface area contributed by atoms with E-state index in [4.69, 9.17) is 4.74 Å². The molecular weight excluding hydrogens is 480 g/mol. The SMILES string of the molecule is CC(C)C[C@H](NC(=O)[C@@H]1CCCN1C(=O)c1ccccc1)C(=O)NC[C@H](NC(=O)OC(C)(C)C)C(=O)O. The zero-order valence-electron chi connectivity index (χ0n) is 22.1. The van der Waals surface area contributed by atoms with Gasteiger partial charge in [0.25, 0.3) is 5.91 Å². The minimum Gasteiger partial charge on any atom is -0.480 e. The summed E-state index contributed by atoms with van der Waals surface area (Å²) in [6.45, 7) is 8.73. The first kappa shape index (κ1) is 29.6. The molecule has 3 atom stereocenters. The van der Waals surface area contributed by atoms with Crippen LogP contribution in [0, 0.1) is 5.92 Å². The maximum absolute atomic E-state index is 13.2. The van der Waals surface area contributed by atoms with Gasteiger partial charge in [-0.3, -0.25) is 14.4 Å². The molecule has 0 spiro atoms. The molecule has 11 nitrogen and oxygen atoms in total. The van der Waals surface area contributed by atoms with Crippen molar-refractivity contribution < 1.29 is 33.8 Å². The van der Waals surface area contributed by atoms with E-state index < -0.39 is 54.1 Å². The number of amides is 4. The molecule has 1 saturated heterocycles. The van der Waals surface area contributed by atoms with Crippen LogP contribution in [0.2, 0.25) is 0 Å². The Morgan fingerprint density at radius 2 is 1.70 bits per heavy atom. The second kappa shape index (κ2) is 13.1. The molecule has 0 aliphatic carbocycles. The zero-order valence-corrected chi connectivity index (χ0v) is 22.1. The van der Waals surface area contributed by atoms with Gasteiger partial charge in [0.15, 0.2) is 0 Å².